The first-order chi connectivity index (χ1) is 4.27. The SMILES string of the molecule is C[C@]1(CO)CNCCO1. The molecule has 0 amide bonds. The molecule has 0 spiro atoms. The van der Waals surface area contributed by atoms with E-state index in [0.29, 0.717) is 6.61 Å². The maximum Gasteiger partial charge on any atom is 0.101 e. The zero-order valence-electron chi connectivity index (χ0n) is 5.68. The molecule has 0 aromatic rings. The van der Waals surface area contributed by atoms with E-state index in [4.69, 9.17) is 9.84 Å². The maximum atomic E-state index is 8.79. The molecule has 0 bridgehead atoms. The molecule has 9 heavy (non-hydrogen) atoms. The Bertz CT molecular complexity index is 89.1. The van der Waals surface area contributed by atoms with Crippen LogP contribution in [0, 0.1) is 0 Å². The van der Waals surface area contributed by atoms with Gasteiger partial charge in [0.15, 0.2) is 0 Å². The highest BCUT2D eigenvalue weighted by Gasteiger charge is 2.26. The maximum absolute atomic E-state index is 8.79. The molecule has 1 aliphatic heterocycles. The van der Waals surface area contributed by atoms with Gasteiger partial charge in [-0.25, -0.2) is 0 Å². The van der Waals surface area contributed by atoms with E-state index in [2.05, 4.69) is 5.32 Å². The molecule has 3 heteroatoms. The topological polar surface area (TPSA) is 41.5 Å². The number of aliphatic hydroxyl groups excluding tert-OH is 1. The molecule has 0 aromatic carbocycles. The summed E-state index contributed by atoms with van der Waals surface area (Å²) in [5.74, 6) is 0. The highest BCUT2D eigenvalue weighted by Crippen LogP contribution is 2.09. The van der Waals surface area contributed by atoms with Gasteiger partial charge in [0.25, 0.3) is 0 Å². The van der Waals surface area contributed by atoms with Crippen LogP contribution < -0.4 is 5.32 Å². The Morgan fingerprint density at radius 1 is 1.78 bits per heavy atom. The van der Waals surface area contributed by atoms with Crippen molar-refractivity contribution < 1.29 is 9.84 Å². The van der Waals surface area contributed by atoms with Crippen LogP contribution in [0.1, 0.15) is 6.92 Å². The molecule has 0 unspecified atom stereocenters. The van der Waals surface area contributed by atoms with E-state index in [9.17, 15) is 0 Å². The number of morpholine rings is 1. The minimum atomic E-state index is -0.335. The minimum absolute atomic E-state index is 0.0972. The van der Waals surface area contributed by atoms with Crippen LogP contribution in [0.5, 0.6) is 0 Å². The van der Waals surface area contributed by atoms with E-state index < -0.39 is 0 Å². The van der Waals surface area contributed by atoms with Gasteiger partial charge in [-0.2, -0.15) is 0 Å². The number of hydrogen-bond donors (Lipinski definition) is 2. The molecule has 1 fully saturated rings. The predicted octanol–water partition coefficient (Wildman–Crippen LogP) is -0.643. The highest BCUT2D eigenvalue weighted by molar-refractivity contribution is 4.79. The van der Waals surface area contributed by atoms with Crippen LogP contribution >= 0.6 is 0 Å². The smallest absolute Gasteiger partial charge is 0.101 e. The van der Waals surface area contributed by atoms with Gasteiger partial charge in [-0.3, -0.25) is 0 Å². The van der Waals surface area contributed by atoms with Crippen LogP contribution in [0.4, 0.5) is 0 Å². The van der Waals surface area contributed by atoms with Gasteiger partial charge in [0.1, 0.15) is 5.60 Å². The molecule has 0 aromatic heterocycles. The van der Waals surface area contributed by atoms with E-state index in [-0.39, 0.29) is 12.2 Å². The molecule has 0 aliphatic carbocycles. The molecule has 1 heterocycles. The molecule has 0 radical (unpaired) electrons. The first-order valence-corrected chi connectivity index (χ1v) is 3.22. The van der Waals surface area contributed by atoms with Crippen molar-refractivity contribution in [3.63, 3.8) is 0 Å². The summed E-state index contributed by atoms with van der Waals surface area (Å²) in [4.78, 5) is 0. The molecular formula is C6H13NO2. The zero-order valence-corrected chi connectivity index (χ0v) is 5.68. The summed E-state index contributed by atoms with van der Waals surface area (Å²) in [7, 11) is 0. The van der Waals surface area contributed by atoms with Crippen LogP contribution in [0.25, 0.3) is 0 Å². The van der Waals surface area contributed by atoms with E-state index in [1.54, 1.807) is 0 Å². The second-order valence-corrected chi connectivity index (χ2v) is 2.63. The Balaban J connectivity index is 2.37. The van der Waals surface area contributed by atoms with E-state index >= 15 is 0 Å². The fourth-order valence-corrected chi connectivity index (χ4v) is 0.875. The third-order valence-electron chi connectivity index (χ3n) is 1.56. The van der Waals surface area contributed by atoms with Gasteiger partial charge in [-0.1, -0.05) is 0 Å². The van der Waals surface area contributed by atoms with E-state index in [0.717, 1.165) is 13.1 Å². The fraction of sp³-hybridized carbons (Fsp3) is 1.00. The van der Waals surface area contributed by atoms with E-state index in [1.807, 2.05) is 6.92 Å². The van der Waals surface area contributed by atoms with Crippen molar-refractivity contribution in [3.05, 3.63) is 0 Å². The monoisotopic (exact) mass is 131 g/mol. The van der Waals surface area contributed by atoms with Crippen molar-refractivity contribution in [2.24, 2.45) is 0 Å². The number of ether oxygens (including phenoxy) is 1. The van der Waals surface area contributed by atoms with Crippen molar-refractivity contribution in [1.29, 1.82) is 0 Å². The quantitative estimate of drug-likeness (QED) is 0.497. The summed E-state index contributed by atoms with van der Waals surface area (Å²) in [5, 5.41) is 11.9. The van der Waals surface area contributed by atoms with Crippen LogP contribution in [0.3, 0.4) is 0 Å². The van der Waals surface area contributed by atoms with Crippen molar-refractivity contribution in [2.75, 3.05) is 26.3 Å². The standard InChI is InChI=1S/C6H13NO2/c1-6(5-8)4-7-2-3-9-6/h7-8H,2-5H2,1H3/t6-/m1/s1. The largest absolute Gasteiger partial charge is 0.393 e. The lowest BCUT2D eigenvalue weighted by Crippen LogP contribution is -2.49. The molecule has 3 nitrogen and oxygen atoms in total. The summed E-state index contributed by atoms with van der Waals surface area (Å²) in [6, 6.07) is 0. The van der Waals surface area contributed by atoms with Gasteiger partial charge in [-0.15, -0.1) is 0 Å². The van der Waals surface area contributed by atoms with Gasteiger partial charge >= 0.3 is 0 Å². The Labute approximate surface area is 55.0 Å². The molecule has 54 valence electrons. The zero-order chi connectivity index (χ0) is 6.74. The number of rotatable bonds is 1. The average molecular weight is 131 g/mol. The molecule has 0 saturated carbocycles. The van der Waals surface area contributed by atoms with Crippen molar-refractivity contribution in [3.8, 4) is 0 Å². The van der Waals surface area contributed by atoms with Gasteiger partial charge < -0.3 is 15.2 Å². The second-order valence-electron chi connectivity index (χ2n) is 2.63. The number of aliphatic hydroxyl groups is 1. The number of nitrogens with one attached hydrogen (secondary N) is 1. The van der Waals surface area contributed by atoms with Crippen molar-refractivity contribution in [2.45, 2.75) is 12.5 Å². The van der Waals surface area contributed by atoms with Crippen LogP contribution in [-0.2, 0) is 4.74 Å². The molecule has 1 saturated heterocycles. The predicted molar refractivity (Wildman–Crippen MR) is 34.3 cm³/mol. The lowest BCUT2D eigenvalue weighted by molar-refractivity contribution is -0.0831. The fourth-order valence-electron chi connectivity index (χ4n) is 0.875. The Morgan fingerprint density at radius 2 is 2.56 bits per heavy atom. The van der Waals surface area contributed by atoms with Gasteiger partial charge in [0.05, 0.1) is 13.2 Å². The molecule has 1 aliphatic rings. The first-order valence-electron chi connectivity index (χ1n) is 3.22. The Hall–Kier alpha value is -0.120. The van der Waals surface area contributed by atoms with Crippen LogP contribution in [0.15, 0.2) is 0 Å². The van der Waals surface area contributed by atoms with Gasteiger partial charge in [0.2, 0.25) is 0 Å². The first kappa shape index (κ1) is 6.99. The van der Waals surface area contributed by atoms with Gasteiger partial charge in [0, 0.05) is 13.1 Å². The summed E-state index contributed by atoms with van der Waals surface area (Å²) in [6.07, 6.45) is 0. The molecular weight excluding hydrogens is 118 g/mol. The van der Waals surface area contributed by atoms with Crippen molar-refractivity contribution >= 4 is 0 Å². The lowest BCUT2D eigenvalue weighted by atomic mass is 10.1. The third-order valence-corrected chi connectivity index (χ3v) is 1.56. The summed E-state index contributed by atoms with van der Waals surface area (Å²) < 4.78 is 5.30. The summed E-state index contributed by atoms with van der Waals surface area (Å²) in [5.41, 5.74) is -0.335. The number of hydrogen-bond acceptors (Lipinski definition) is 3. The summed E-state index contributed by atoms with van der Waals surface area (Å²) >= 11 is 0. The highest BCUT2D eigenvalue weighted by atomic mass is 16.5. The Morgan fingerprint density at radius 3 is 2.89 bits per heavy atom. The normalized spacial score (nSPS) is 36.7. The summed E-state index contributed by atoms with van der Waals surface area (Å²) in [6.45, 7) is 4.36. The minimum Gasteiger partial charge on any atom is -0.393 e. The third kappa shape index (κ3) is 1.64. The molecule has 1 atom stereocenters. The van der Waals surface area contributed by atoms with Crippen LogP contribution in [0.2, 0.25) is 0 Å². The van der Waals surface area contributed by atoms with Crippen LogP contribution in [-0.4, -0.2) is 37.0 Å². The van der Waals surface area contributed by atoms with Crippen molar-refractivity contribution in [1.82, 2.24) is 5.32 Å². The average Bonchev–Trinajstić information content (AvgIpc) is 1.90. The van der Waals surface area contributed by atoms with Gasteiger partial charge in [-0.05, 0) is 6.92 Å². The van der Waals surface area contributed by atoms with E-state index in [1.165, 1.54) is 0 Å². The molecule has 1 rings (SSSR count). The molecule has 2 N–H and O–H groups in total. The lowest BCUT2D eigenvalue weighted by Gasteiger charge is -2.32. The second kappa shape index (κ2) is 2.64. The Kier molecular flexibility index (Phi) is 2.05.